The molecule has 0 saturated heterocycles. The monoisotopic (exact) mass is 337 g/mol. The highest BCUT2D eigenvalue weighted by molar-refractivity contribution is 7.21. The van der Waals surface area contributed by atoms with E-state index in [2.05, 4.69) is 55.6 Å². The van der Waals surface area contributed by atoms with Gasteiger partial charge in [0.25, 0.3) is 5.91 Å². The van der Waals surface area contributed by atoms with Crippen molar-refractivity contribution < 1.29 is 4.79 Å². The zero-order chi connectivity index (χ0) is 16.9. The first-order valence-electron chi connectivity index (χ1n) is 8.53. The maximum atomic E-state index is 12.7. The summed E-state index contributed by atoms with van der Waals surface area (Å²) in [5.41, 5.74) is 3.65. The van der Waals surface area contributed by atoms with E-state index in [0.717, 1.165) is 36.2 Å². The van der Waals surface area contributed by atoms with Crippen LogP contribution in [-0.4, -0.2) is 12.5 Å². The normalized spacial score (nSPS) is 10.9. The van der Waals surface area contributed by atoms with Crippen LogP contribution in [0.3, 0.4) is 0 Å². The minimum atomic E-state index is 0.0618. The molecule has 0 unspecified atom stereocenters. The Kier molecular flexibility index (Phi) is 5.31. The van der Waals surface area contributed by atoms with Gasteiger partial charge in [0.05, 0.1) is 4.88 Å². The summed E-state index contributed by atoms with van der Waals surface area (Å²) in [6, 6.07) is 16.9. The maximum absolute atomic E-state index is 12.7. The Hall–Kier alpha value is -2.13. The Morgan fingerprint density at radius 1 is 1.08 bits per heavy atom. The predicted octanol–water partition coefficient (Wildman–Crippen LogP) is 5.33. The first-order valence-corrected chi connectivity index (χ1v) is 9.35. The number of carbonyl (C=O) groups is 1. The third-order valence-electron chi connectivity index (χ3n) is 4.22. The molecule has 0 saturated carbocycles. The maximum Gasteiger partial charge on any atom is 0.261 e. The minimum Gasteiger partial charge on any atom is -0.351 e. The Bertz CT molecular complexity index is 833. The molecule has 1 heterocycles. The molecule has 0 aliphatic heterocycles. The third kappa shape index (κ3) is 3.68. The molecule has 0 radical (unpaired) electrons. The zero-order valence-corrected chi connectivity index (χ0v) is 15.1. The van der Waals surface area contributed by atoms with Gasteiger partial charge in [0.15, 0.2) is 0 Å². The van der Waals surface area contributed by atoms with Gasteiger partial charge in [-0.25, -0.2) is 0 Å². The lowest BCUT2D eigenvalue weighted by Crippen LogP contribution is -2.24. The second kappa shape index (κ2) is 7.63. The molecule has 2 aromatic carbocycles. The summed E-state index contributed by atoms with van der Waals surface area (Å²) in [4.78, 5) is 13.5. The van der Waals surface area contributed by atoms with Crippen LogP contribution in [0.15, 0.2) is 48.5 Å². The fourth-order valence-corrected chi connectivity index (χ4v) is 3.96. The van der Waals surface area contributed by atoms with Gasteiger partial charge in [-0.1, -0.05) is 61.4 Å². The number of hydrogen-bond acceptors (Lipinski definition) is 2. The van der Waals surface area contributed by atoms with Crippen molar-refractivity contribution in [3.05, 3.63) is 70.1 Å². The fourth-order valence-electron chi connectivity index (χ4n) is 2.83. The van der Waals surface area contributed by atoms with Crippen LogP contribution in [0, 0.1) is 6.92 Å². The topological polar surface area (TPSA) is 29.1 Å². The zero-order valence-electron chi connectivity index (χ0n) is 14.3. The summed E-state index contributed by atoms with van der Waals surface area (Å²) in [5.74, 6) is 0.0618. The molecule has 124 valence electrons. The van der Waals surface area contributed by atoms with Gasteiger partial charge in [0, 0.05) is 11.2 Å². The van der Waals surface area contributed by atoms with E-state index in [1.165, 1.54) is 21.2 Å². The quantitative estimate of drug-likeness (QED) is 0.605. The van der Waals surface area contributed by atoms with Gasteiger partial charge in [0.1, 0.15) is 0 Å². The molecule has 1 amide bonds. The van der Waals surface area contributed by atoms with E-state index in [4.69, 9.17) is 0 Å². The van der Waals surface area contributed by atoms with E-state index >= 15 is 0 Å². The summed E-state index contributed by atoms with van der Waals surface area (Å²) in [5, 5.41) is 4.27. The van der Waals surface area contributed by atoms with Gasteiger partial charge < -0.3 is 5.32 Å². The number of hydrogen-bond donors (Lipinski definition) is 1. The highest BCUT2D eigenvalue weighted by Crippen LogP contribution is 2.33. The van der Waals surface area contributed by atoms with Crippen LogP contribution in [-0.2, 0) is 6.42 Å². The van der Waals surface area contributed by atoms with Crippen molar-refractivity contribution >= 4 is 27.3 Å². The summed E-state index contributed by atoms with van der Waals surface area (Å²) < 4.78 is 1.18. The summed E-state index contributed by atoms with van der Waals surface area (Å²) in [6.45, 7) is 4.97. The highest BCUT2D eigenvalue weighted by atomic mass is 32.1. The van der Waals surface area contributed by atoms with Crippen LogP contribution in [0.1, 0.15) is 46.1 Å². The average Bonchev–Trinajstić information content (AvgIpc) is 2.96. The molecule has 0 atom stereocenters. The van der Waals surface area contributed by atoms with E-state index in [1.807, 2.05) is 12.1 Å². The minimum absolute atomic E-state index is 0.0618. The molecule has 24 heavy (non-hydrogen) atoms. The van der Waals surface area contributed by atoms with E-state index in [-0.39, 0.29) is 5.91 Å². The number of amides is 1. The molecule has 1 aromatic heterocycles. The van der Waals surface area contributed by atoms with Crippen LogP contribution < -0.4 is 5.32 Å². The SMILES string of the molecule is CCCCNC(=O)c1sc2ccccc2c1Cc1ccc(C)cc1. The molecule has 0 bridgehead atoms. The Labute approximate surface area is 147 Å². The fraction of sp³-hybridized carbons (Fsp3) is 0.286. The summed E-state index contributed by atoms with van der Waals surface area (Å²) in [7, 11) is 0. The lowest BCUT2D eigenvalue weighted by molar-refractivity contribution is 0.0956. The van der Waals surface area contributed by atoms with Crippen LogP contribution in [0.4, 0.5) is 0 Å². The van der Waals surface area contributed by atoms with E-state index in [1.54, 1.807) is 11.3 Å². The molecule has 0 fully saturated rings. The van der Waals surface area contributed by atoms with Crippen molar-refractivity contribution in [3.63, 3.8) is 0 Å². The van der Waals surface area contributed by atoms with Crippen molar-refractivity contribution in [3.8, 4) is 0 Å². The molecule has 2 nitrogen and oxygen atoms in total. The second-order valence-corrected chi connectivity index (χ2v) is 7.23. The van der Waals surface area contributed by atoms with Gasteiger partial charge in [-0.15, -0.1) is 11.3 Å². The highest BCUT2D eigenvalue weighted by Gasteiger charge is 2.18. The van der Waals surface area contributed by atoms with Crippen molar-refractivity contribution in [1.29, 1.82) is 0 Å². The van der Waals surface area contributed by atoms with Gasteiger partial charge in [-0.05, 0) is 42.3 Å². The van der Waals surface area contributed by atoms with Crippen molar-refractivity contribution in [2.24, 2.45) is 0 Å². The Morgan fingerprint density at radius 2 is 1.83 bits per heavy atom. The standard InChI is InChI=1S/C21H23NOS/c1-3-4-13-22-21(23)20-18(14-16-11-9-15(2)10-12-16)17-7-5-6-8-19(17)24-20/h5-12H,3-4,13-14H2,1-2H3,(H,22,23). The lowest BCUT2D eigenvalue weighted by Gasteiger charge is -2.07. The number of unbranched alkanes of at least 4 members (excludes halogenated alkanes) is 1. The van der Waals surface area contributed by atoms with Crippen LogP contribution in [0.2, 0.25) is 0 Å². The van der Waals surface area contributed by atoms with Gasteiger partial charge in [-0.2, -0.15) is 0 Å². The van der Waals surface area contributed by atoms with E-state index < -0.39 is 0 Å². The first kappa shape index (κ1) is 16.7. The van der Waals surface area contributed by atoms with Crippen LogP contribution in [0.5, 0.6) is 0 Å². The molecule has 0 spiro atoms. The molecule has 0 aliphatic rings. The number of carbonyl (C=O) groups excluding carboxylic acids is 1. The second-order valence-electron chi connectivity index (χ2n) is 6.18. The van der Waals surface area contributed by atoms with Gasteiger partial charge in [-0.3, -0.25) is 4.79 Å². The predicted molar refractivity (Wildman–Crippen MR) is 103 cm³/mol. The first-order chi connectivity index (χ1) is 11.7. The third-order valence-corrected chi connectivity index (χ3v) is 5.43. The molecule has 3 heteroatoms. The molecular weight excluding hydrogens is 314 g/mol. The van der Waals surface area contributed by atoms with Crippen molar-refractivity contribution in [2.45, 2.75) is 33.1 Å². The van der Waals surface area contributed by atoms with E-state index in [9.17, 15) is 4.79 Å². The summed E-state index contributed by atoms with van der Waals surface area (Å²) >= 11 is 1.60. The number of thiophene rings is 1. The van der Waals surface area contributed by atoms with Crippen molar-refractivity contribution in [2.75, 3.05) is 6.54 Å². The summed E-state index contributed by atoms with van der Waals surface area (Å²) in [6.07, 6.45) is 2.90. The lowest BCUT2D eigenvalue weighted by atomic mass is 10.0. The molecule has 3 rings (SSSR count). The molecular formula is C21H23NOS. The molecule has 0 aliphatic carbocycles. The molecule has 1 N–H and O–H groups in total. The number of rotatable bonds is 6. The smallest absolute Gasteiger partial charge is 0.261 e. The van der Waals surface area contributed by atoms with Crippen LogP contribution in [0.25, 0.3) is 10.1 Å². The van der Waals surface area contributed by atoms with Gasteiger partial charge in [0.2, 0.25) is 0 Å². The number of aryl methyl sites for hydroxylation is 1. The average molecular weight is 337 g/mol. The Morgan fingerprint density at radius 3 is 2.58 bits per heavy atom. The number of nitrogens with one attached hydrogen (secondary N) is 1. The van der Waals surface area contributed by atoms with Crippen molar-refractivity contribution in [1.82, 2.24) is 5.32 Å². The largest absolute Gasteiger partial charge is 0.351 e. The molecule has 3 aromatic rings. The van der Waals surface area contributed by atoms with E-state index in [0.29, 0.717) is 0 Å². The number of benzene rings is 2. The van der Waals surface area contributed by atoms with Crippen LogP contribution >= 0.6 is 11.3 Å². The Balaban J connectivity index is 1.95. The number of fused-ring (bicyclic) bond motifs is 1. The van der Waals surface area contributed by atoms with Gasteiger partial charge >= 0.3 is 0 Å².